The third-order valence-electron chi connectivity index (χ3n) is 3.44. The predicted octanol–water partition coefficient (Wildman–Crippen LogP) is 1.43. The molecule has 2 atom stereocenters. The number of hydrogen-bond donors (Lipinski definition) is 1. The highest BCUT2D eigenvalue weighted by molar-refractivity contribution is 5.78. The third-order valence-corrected chi connectivity index (χ3v) is 3.44. The van der Waals surface area contributed by atoms with Gasteiger partial charge in [-0.25, -0.2) is 4.39 Å². The molecular weight excluding hydrogens is 249 g/mol. The summed E-state index contributed by atoms with van der Waals surface area (Å²) in [6, 6.07) is 5.56. The Bertz CT molecular complexity index is 433. The zero-order chi connectivity index (χ0) is 13.8. The summed E-state index contributed by atoms with van der Waals surface area (Å²) >= 11 is 0. The van der Waals surface area contributed by atoms with Gasteiger partial charge in [0.2, 0.25) is 0 Å². The van der Waals surface area contributed by atoms with Gasteiger partial charge in [-0.05, 0) is 37.6 Å². The largest absolute Gasteiger partial charge is 0.484 e. The summed E-state index contributed by atoms with van der Waals surface area (Å²) in [5.41, 5.74) is 0. The number of rotatable bonds is 4. The summed E-state index contributed by atoms with van der Waals surface area (Å²) in [4.78, 5) is 13.6. The minimum absolute atomic E-state index is 0.0574. The molecule has 0 bridgehead atoms. The zero-order valence-electron chi connectivity index (χ0n) is 10.9. The molecule has 5 heteroatoms. The number of halogens is 1. The van der Waals surface area contributed by atoms with E-state index >= 15 is 0 Å². The number of aliphatic hydroxyl groups is 1. The van der Waals surface area contributed by atoms with Gasteiger partial charge < -0.3 is 14.7 Å². The number of hydrogen-bond acceptors (Lipinski definition) is 3. The van der Waals surface area contributed by atoms with Crippen LogP contribution in [0.25, 0.3) is 0 Å². The number of likely N-dealkylation sites (tertiary alicyclic amines) is 1. The van der Waals surface area contributed by atoms with Crippen LogP contribution in [-0.4, -0.2) is 41.7 Å². The normalized spacial score (nSPS) is 20.4. The second-order valence-corrected chi connectivity index (χ2v) is 4.87. The van der Waals surface area contributed by atoms with Crippen molar-refractivity contribution in [2.45, 2.75) is 19.4 Å². The molecular formula is C14H18FNO3. The van der Waals surface area contributed by atoms with Crippen molar-refractivity contribution in [1.82, 2.24) is 4.90 Å². The molecule has 19 heavy (non-hydrogen) atoms. The molecule has 1 amide bonds. The predicted molar refractivity (Wildman–Crippen MR) is 68.3 cm³/mol. The fourth-order valence-corrected chi connectivity index (χ4v) is 2.17. The van der Waals surface area contributed by atoms with Crippen molar-refractivity contribution in [3.8, 4) is 5.75 Å². The van der Waals surface area contributed by atoms with E-state index in [1.54, 1.807) is 11.8 Å². The molecule has 0 aromatic heterocycles. The maximum atomic E-state index is 12.7. The van der Waals surface area contributed by atoms with Crippen molar-refractivity contribution >= 4 is 5.91 Å². The number of benzene rings is 1. The van der Waals surface area contributed by atoms with Crippen LogP contribution in [0.4, 0.5) is 4.39 Å². The molecule has 104 valence electrons. The van der Waals surface area contributed by atoms with Crippen molar-refractivity contribution in [2.24, 2.45) is 5.92 Å². The highest BCUT2D eigenvalue weighted by Crippen LogP contribution is 2.20. The summed E-state index contributed by atoms with van der Waals surface area (Å²) in [6.45, 7) is 2.91. The van der Waals surface area contributed by atoms with E-state index in [2.05, 4.69) is 0 Å². The monoisotopic (exact) mass is 267 g/mol. The van der Waals surface area contributed by atoms with E-state index in [0.29, 0.717) is 18.8 Å². The van der Waals surface area contributed by atoms with E-state index in [-0.39, 0.29) is 24.2 Å². The molecule has 0 saturated carbocycles. The lowest BCUT2D eigenvalue weighted by molar-refractivity contribution is -0.132. The average molecular weight is 267 g/mol. The first-order chi connectivity index (χ1) is 9.06. The topological polar surface area (TPSA) is 49.8 Å². The summed E-state index contributed by atoms with van der Waals surface area (Å²) in [6.07, 6.45) is 0.427. The van der Waals surface area contributed by atoms with E-state index in [1.807, 2.05) is 0 Å². The second kappa shape index (κ2) is 6.02. The number of carbonyl (C=O) groups excluding carboxylic acids is 1. The van der Waals surface area contributed by atoms with Crippen molar-refractivity contribution < 1.29 is 19.0 Å². The van der Waals surface area contributed by atoms with Crippen LogP contribution in [0.3, 0.4) is 0 Å². The van der Waals surface area contributed by atoms with Gasteiger partial charge in [0.25, 0.3) is 5.91 Å². The molecule has 1 aliphatic heterocycles. The molecule has 1 fully saturated rings. The highest BCUT2D eigenvalue weighted by Gasteiger charge is 2.29. The molecule has 2 rings (SSSR count). The Labute approximate surface area is 111 Å². The molecule has 1 aromatic rings. The fraction of sp³-hybridized carbons (Fsp3) is 0.500. The van der Waals surface area contributed by atoms with Crippen LogP contribution in [0.15, 0.2) is 24.3 Å². The van der Waals surface area contributed by atoms with Crippen LogP contribution in [0, 0.1) is 11.7 Å². The Kier molecular flexibility index (Phi) is 4.37. The molecule has 2 unspecified atom stereocenters. The van der Waals surface area contributed by atoms with Gasteiger partial charge in [0.05, 0.1) is 6.10 Å². The van der Waals surface area contributed by atoms with Gasteiger partial charge in [0.15, 0.2) is 6.61 Å². The van der Waals surface area contributed by atoms with E-state index in [9.17, 15) is 14.3 Å². The maximum absolute atomic E-state index is 12.7. The molecule has 1 aromatic carbocycles. The van der Waals surface area contributed by atoms with Crippen LogP contribution < -0.4 is 4.74 Å². The standard InChI is InChI=1S/C14H18FNO3/c1-10(17)11-6-7-16(8-11)14(18)9-19-13-4-2-12(15)3-5-13/h2-5,10-11,17H,6-9H2,1H3. The first-order valence-electron chi connectivity index (χ1n) is 6.40. The lowest BCUT2D eigenvalue weighted by atomic mass is 10.0. The van der Waals surface area contributed by atoms with Crippen LogP contribution in [-0.2, 0) is 4.79 Å². The third kappa shape index (κ3) is 3.67. The van der Waals surface area contributed by atoms with Gasteiger partial charge in [-0.3, -0.25) is 4.79 Å². The van der Waals surface area contributed by atoms with Gasteiger partial charge in [-0.1, -0.05) is 0 Å². The number of ether oxygens (including phenoxy) is 1. The lowest BCUT2D eigenvalue weighted by Gasteiger charge is -2.18. The Morgan fingerprint density at radius 2 is 2.21 bits per heavy atom. The summed E-state index contributed by atoms with van der Waals surface area (Å²) in [5, 5.41) is 9.48. The van der Waals surface area contributed by atoms with E-state index in [4.69, 9.17) is 4.74 Å². The van der Waals surface area contributed by atoms with Crippen LogP contribution >= 0.6 is 0 Å². The molecule has 0 radical (unpaired) electrons. The quantitative estimate of drug-likeness (QED) is 0.898. The Morgan fingerprint density at radius 1 is 1.53 bits per heavy atom. The van der Waals surface area contributed by atoms with Crippen molar-refractivity contribution in [1.29, 1.82) is 0 Å². The van der Waals surface area contributed by atoms with E-state index in [0.717, 1.165) is 6.42 Å². The Balaban J connectivity index is 1.80. The molecule has 4 nitrogen and oxygen atoms in total. The smallest absolute Gasteiger partial charge is 0.260 e. The maximum Gasteiger partial charge on any atom is 0.260 e. The van der Waals surface area contributed by atoms with E-state index in [1.165, 1.54) is 24.3 Å². The first kappa shape index (κ1) is 13.8. The van der Waals surface area contributed by atoms with E-state index < -0.39 is 6.10 Å². The van der Waals surface area contributed by atoms with Gasteiger partial charge in [-0.2, -0.15) is 0 Å². The SMILES string of the molecule is CC(O)C1CCN(C(=O)COc2ccc(F)cc2)C1. The molecule has 0 aliphatic carbocycles. The Morgan fingerprint density at radius 3 is 2.79 bits per heavy atom. The molecule has 0 spiro atoms. The minimum atomic E-state index is -0.393. The highest BCUT2D eigenvalue weighted by atomic mass is 19.1. The summed E-state index contributed by atoms with van der Waals surface area (Å²) in [7, 11) is 0. The number of nitrogens with zero attached hydrogens (tertiary/aromatic N) is 1. The van der Waals surface area contributed by atoms with Crippen molar-refractivity contribution in [3.05, 3.63) is 30.1 Å². The molecule has 1 saturated heterocycles. The van der Waals surface area contributed by atoms with Crippen LogP contribution in [0.2, 0.25) is 0 Å². The van der Waals surface area contributed by atoms with Crippen LogP contribution in [0.5, 0.6) is 5.75 Å². The van der Waals surface area contributed by atoms with Crippen molar-refractivity contribution in [2.75, 3.05) is 19.7 Å². The summed E-state index contributed by atoms with van der Waals surface area (Å²) in [5.74, 6) is 0.182. The minimum Gasteiger partial charge on any atom is -0.484 e. The number of carbonyl (C=O) groups is 1. The second-order valence-electron chi connectivity index (χ2n) is 4.87. The average Bonchev–Trinajstić information content (AvgIpc) is 2.87. The van der Waals surface area contributed by atoms with Gasteiger partial charge >= 0.3 is 0 Å². The number of amides is 1. The number of aliphatic hydroxyl groups excluding tert-OH is 1. The van der Waals surface area contributed by atoms with Gasteiger partial charge in [-0.15, -0.1) is 0 Å². The van der Waals surface area contributed by atoms with Crippen molar-refractivity contribution in [3.63, 3.8) is 0 Å². The lowest BCUT2D eigenvalue weighted by Crippen LogP contribution is -2.34. The first-order valence-corrected chi connectivity index (χ1v) is 6.40. The zero-order valence-corrected chi connectivity index (χ0v) is 10.9. The summed E-state index contributed by atoms with van der Waals surface area (Å²) < 4.78 is 18.0. The Hall–Kier alpha value is -1.62. The van der Waals surface area contributed by atoms with Gasteiger partial charge in [0.1, 0.15) is 11.6 Å². The molecule has 1 N–H and O–H groups in total. The van der Waals surface area contributed by atoms with Gasteiger partial charge in [0, 0.05) is 19.0 Å². The van der Waals surface area contributed by atoms with Crippen LogP contribution in [0.1, 0.15) is 13.3 Å². The molecule has 1 aliphatic rings. The fourth-order valence-electron chi connectivity index (χ4n) is 2.17. The molecule has 1 heterocycles.